The van der Waals surface area contributed by atoms with Crippen LogP contribution in [0, 0.1) is 23.7 Å². The predicted octanol–water partition coefficient (Wildman–Crippen LogP) is 5.66. The summed E-state index contributed by atoms with van der Waals surface area (Å²) in [6.45, 7) is -0.511. The second-order valence-corrected chi connectivity index (χ2v) is 12.3. The fourth-order valence-corrected chi connectivity index (χ4v) is 7.74. The second kappa shape index (κ2) is 9.45. The normalized spacial score (nSPS) is 29.0. The summed E-state index contributed by atoms with van der Waals surface area (Å²) in [5, 5.41) is 2.65. The molecular weight excluding hydrogens is 646 g/mol. The number of ketones is 1. The minimum absolute atomic E-state index is 0.0373. The van der Waals surface area contributed by atoms with E-state index >= 15 is 0 Å². The first kappa shape index (κ1) is 25.2. The van der Waals surface area contributed by atoms with E-state index in [0.29, 0.717) is 10.6 Å². The van der Waals surface area contributed by atoms with Crippen LogP contribution in [0.1, 0.15) is 27.1 Å². The lowest BCUT2D eigenvalue weighted by atomic mass is 9.81. The van der Waals surface area contributed by atoms with Gasteiger partial charge in [0.2, 0.25) is 0 Å². The molecule has 6 atom stereocenters. The van der Waals surface area contributed by atoms with Crippen molar-refractivity contribution in [2.24, 2.45) is 23.7 Å². The Kier molecular flexibility index (Phi) is 6.81. The van der Waals surface area contributed by atoms with Gasteiger partial charge in [0.25, 0.3) is 17.7 Å². The Labute approximate surface area is 233 Å². The Morgan fingerprint density at radius 3 is 1.94 bits per heavy atom. The minimum atomic E-state index is -0.703. The van der Waals surface area contributed by atoms with Gasteiger partial charge in [-0.05, 0) is 60.7 Å². The van der Waals surface area contributed by atoms with Crippen molar-refractivity contribution in [3.8, 4) is 0 Å². The molecule has 182 valence electrons. The number of carbonyl (C=O) groups is 4. The van der Waals surface area contributed by atoms with E-state index < -0.39 is 41.9 Å². The number of imide groups is 1. The highest BCUT2D eigenvalue weighted by molar-refractivity contribution is 9.12. The molecule has 0 aromatic heterocycles. The van der Waals surface area contributed by atoms with Gasteiger partial charge in [0.1, 0.15) is 6.54 Å². The lowest BCUT2D eigenvalue weighted by Gasteiger charge is -2.31. The maximum absolute atomic E-state index is 13.6. The topological polar surface area (TPSA) is 74.8 Å². The second-order valence-electron chi connectivity index (χ2n) is 8.91. The van der Waals surface area contributed by atoms with E-state index in [0.717, 1.165) is 16.4 Å². The molecule has 1 aliphatic heterocycles. The van der Waals surface area contributed by atoms with Crippen LogP contribution in [-0.4, -0.2) is 49.7 Å². The van der Waals surface area contributed by atoms with Gasteiger partial charge < -0.3 is 0 Å². The maximum atomic E-state index is 13.6. The van der Waals surface area contributed by atoms with Gasteiger partial charge >= 0.3 is 0 Å². The van der Waals surface area contributed by atoms with Gasteiger partial charge in [-0.15, -0.1) is 0 Å². The van der Waals surface area contributed by atoms with Crippen molar-refractivity contribution in [3.05, 3.63) is 68.7 Å². The molecule has 1 saturated heterocycles. The summed E-state index contributed by atoms with van der Waals surface area (Å²) in [5.41, 5.74) is 0.391. The van der Waals surface area contributed by atoms with E-state index in [4.69, 9.17) is 34.8 Å². The monoisotopic (exact) mass is 660 g/mol. The summed E-state index contributed by atoms with van der Waals surface area (Å²) in [5.74, 6) is -3.24. The lowest BCUT2D eigenvalue weighted by Crippen LogP contribution is -2.52. The van der Waals surface area contributed by atoms with Crippen LogP contribution in [0.15, 0.2) is 42.5 Å². The molecule has 2 bridgehead atoms. The standard InChI is InChI=1S/C24H17Br2Cl3N2O4/c25-20-13-8-14(21(20)26)19-18(13)23(34)31(24(19)35)30(9-17(32)10-1-4-12(27)5-2-10)22(33)11-3-6-15(28)16(29)7-11/h1-7,13-14,18-21H,8-9H2/t13-,14-,18-,19-,20-,21+/m1/s1. The molecule has 2 aromatic rings. The zero-order valence-electron chi connectivity index (χ0n) is 17.8. The van der Waals surface area contributed by atoms with Crippen molar-refractivity contribution in [2.75, 3.05) is 6.54 Å². The van der Waals surface area contributed by atoms with E-state index in [1.165, 1.54) is 30.3 Å². The Hall–Kier alpha value is -1.45. The average molecular weight is 664 g/mol. The molecule has 1 heterocycles. The zero-order valence-corrected chi connectivity index (χ0v) is 23.3. The van der Waals surface area contributed by atoms with E-state index in [9.17, 15) is 19.2 Å². The van der Waals surface area contributed by atoms with E-state index in [1.54, 1.807) is 12.1 Å². The highest BCUT2D eigenvalue weighted by Crippen LogP contribution is 2.60. The molecule has 3 amide bonds. The fraction of sp³-hybridized carbons (Fsp3) is 0.333. The fourth-order valence-electron chi connectivity index (χ4n) is 5.45. The number of amides is 3. The number of carbonyl (C=O) groups excluding carboxylic acids is 4. The van der Waals surface area contributed by atoms with Gasteiger partial charge in [-0.25, -0.2) is 5.01 Å². The number of hydrazine groups is 1. The summed E-state index contributed by atoms with van der Waals surface area (Å²) in [6.07, 6.45) is 0.747. The van der Waals surface area contributed by atoms with Crippen molar-refractivity contribution in [1.82, 2.24) is 10.0 Å². The first-order valence-corrected chi connectivity index (χ1v) is 13.8. The number of fused-ring (bicyclic) bond motifs is 5. The highest BCUT2D eigenvalue weighted by atomic mass is 79.9. The Balaban J connectivity index is 1.52. The van der Waals surface area contributed by atoms with E-state index in [1.807, 2.05) is 0 Å². The Morgan fingerprint density at radius 1 is 0.857 bits per heavy atom. The van der Waals surface area contributed by atoms with E-state index in [-0.39, 0.29) is 37.1 Å². The van der Waals surface area contributed by atoms with Gasteiger partial charge in [0.05, 0.1) is 21.9 Å². The quantitative estimate of drug-likeness (QED) is 0.235. The third-order valence-corrected chi connectivity index (χ3v) is 11.3. The molecule has 0 N–H and O–H groups in total. The first-order chi connectivity index (χ1) is 16.6. The Bertz CT molecular complexity index is 1230. The number of hydrogen-bond donors (Lipinski definition) is 0. The molecule has 35 heavy (non-hydrogen) atoms. The number of benzene rings is 2. The molecule has 3 aliphatic rings. The number of hydrogen-bond acceptors (Lipinski definition) is 4. The van der Waals surface area contributed by atoms with Crippen LogP contribution in [0.3, 0.4) is 0 Å². The van der Waals surface area contributed by atoms with Crippen LogP contribution >= 0.6 is 66.7 Å². The molecule has 6 nitrogen and oxygen atoms in total. The summed E-state index contributed by atoms with van der Waals surface area (Å²) in [4.78, 5) is 54.0. The number of halogens is 5. The molecule has 3 fully saturated rings. The summed E-state index contributed by atoms with van der Waals surface area (Å²) in [6, 6.07) is 10.4. The third kappa shape index (κ3) is 4.15. The first-order valence-electron chi connectivity index (χ1n) is 10.8. The number of Topliss-reactive ketones (excluding diaryl/α,β-unsaturated/α-hetero) is 1. The van der Waals surface area contributed by atoms with Crippen LogP contribution in [0.25, 0.3) is 0 Å². The molecule has 5 rings (SSSR count). The van der Waals surface area contributed by atoms with Crippen LogP contribution in [0.4, 0.5) is 0 Å². The SMILES string of the molecule is O=C(CN(C(=O)c1ccc(Cl)c(Cl)c1)N1C(=O)[C@@H]2[C@H]3C[C@@H]([C@@H](Br)[C@H]3Br)[C@H]2C1=O)c1ccc(Cl)cc1. The molecule has 2 aliphatic carbocycles. The molecule has 0 spiro atoms. The van der Waals surface area contributed by atoms with Gasteiger partial charge in [-0.2, -0.15) is 5.01 Å². The number of nitrogens with zero attached hydrogens (tertiary/aromatic N) is 2. The minimum Gasteiger partial charge on any atom is -0.292 e. The Morgan fingerprint density at radius 2 is 1.40 bits per heavy atom. The molecule has 0 unspecified atom stereocenters. The summed E-state index contributed by atoms with van der Waals surface area (Å²) in [7, 11) is 0. The smallest absolute Gasteiger partial charge is 0.273 e. The molecular formula is C24H17Br2Cl3N2O4. The summed E-state index contributed by atoms with van der Waals surface area (Å²) < 4.78 is 0. The van der Waals surface area contributed by atoms with Gasteiger partial charge in [-0.3, -0.25) is 19.2 Å². The van der Waals surface area contributed by atoms with E-state index in [2.05, 4.69) is 31.9 Å². The van der Waals surface area contributed by atoms with Crippen LogP contribution in [0.2, 0.25) is 15.1 Å². The predicted molar refractivity (Wildman–Crippen MR) is 139 cm³/mol. The van der Waals surface area contributed by atoms with Crippen LogP contribution in [-0.2, 0) is 9.59 Å². The van der Waals surface area contributed by atoms with Gasteiger partial charge in [0, 0.05) is 25.8 Å². The van der Waals surface area contributed by atoms with Crippen LogP contribution < -0.4 is 0 Å². The molecule has 11 heteroatoms. The molecule has 2 aromatic carbocycles. The molecule has 2 saturated carbocycles. The van der Waals surface area contributed by atoms with Crippen molar-refractivity contribution in [2.45, 2.75) is 16.1 Å². The zero-order chi connectivity index (χ0) is 25.2. The maximum Gasteiger partial charge on any atom is 0.273 e. The van der Waals surface area contributed by atoms with Gasteiger partial charge in [0.15, 0.2) is 5.78 Å². The van der Waals surface area contributed by atoms with Crippen molar-refractivity contribution >= 4 is 90.2 Å². The van der Waals surface area contributed by atoms with Crippen molar-refractivity contribution < 1.29 is 19.2 Å². The highest BCUT2D eigenvalue weighted by Gasteiger charge is 2.67. The van der Waals surface area contributed by atoms with Crippen molar-refractivity contribution in [3.63, 3.8) is 0 Å². The lowest BCUT2D eigenvalue weighted by molar-refractivity contribution is -0.154. The average Bonchev–Trinajstić information content (AvgIpc) is 3.44. The number of rotatable bonds is 5. The third-order valence-electron chi connectivity index (χ3n) is 7.07. The molecule has 0 radical (unpaired) electrons. The largest absolute Gasteiger partial charge is 0.292 e. The number of alkyl halides is 2. The van der Waals surface area contributed by atoms with Crippen LogP contribution in [0.5, 0.6) is 0 Å². The van der Waals surface area contributed by atoms with Crippen molar-refractivity contribution in [1.29, 1.82) is 0 Å². The van der Waals surface area contributed by atoms with Gasteiger partial charge in [-0.1, -0.05) is 66.7 Å². The summed E-state index contributed by atoms with van der Waals surface area (Å²) >= 11 is 25.4.